The van der Waals surface area contributed by atoms with Crippen LogP contribution in [-0.2, 0) is 4.79 Å². The lowest BCUT2D eigenvalue weighted by Gasteiger charge is -2.31. The second-order valence-corrected chi connectivity index (χ2v) is 18.7. The largest absolute Gasteiger partial charge is 0.507 e. The highest BCUT2D eigenvalue weighted by Gasteiger charge is 2.36. The Kier molecular flexibility index (Phi) is 12.8. The van der Waals surface area contributed by atoms with Gasteiger partial charge in [-0.2, -0.15) is 0 Å². The van der Waals surface area contributed by atoms with E-state index in [1.807, 2.05) is 76.2 Å². The van der Waals surface area contributed by atoms with E-state index in [0.717, 1.165) is 64.4 Å². The number of nitrogens with zero attached hydrogens (tertiary/aromatic N) is 6. The molecular weight excluding hydrogens is 789 g/mol. The maximum atomic E-state index is 13.9. The predicted molar refractivity (Wildman–Crippen MR) is 238 cm³/mol. The van der Waals surface area contributed by atoms with E-state index in [0.29, 0.717) is 28.5 Å². The number of aryl methyl sites for hydroxylation is 1. The number of carbonyl (C=O) groups is 2. The Balaban J connectivity index is 0.925. The highest BCUT2D eigenvalue weighted by atomic mass is 32.1. The van der Waals surface area contributed by atoms with Gasteiger partial charge in [-0.1, -0.05) is 73.5 Å². The molecule has 1 saturated heterocycles. The molecule has 0 bridgehead atoms. The lowest BCUT2D eigenvalue weighted by Crippen LogP contribution is -2.51. The Labute approximate surface area is 356 Å². The summed E-state index contributed by atoms with van der Waals surface area (Å²) in [6.45, 7) is 11.4. The number of hydrogen-bond acceptors (Lipinski definition) is 11. The fourth-order valence-corrected chi connectivity index (χ4v) is 9.42. The van der Waals surface area contributed by atoms with Gasteiger partial charge in [-0.25, -0.2) is 4.98 Å². The maximum Gasteiger partial charge on any atom is 0.279 e. The Hall–Kier alpha value is -6.30. The third-order valence-corrected chi connectivity index (χ3v) is 14.1. The minimum atomic E-state index is -1.93. The van der Waals surface area contributed by atoms with Crippen LogP contribution >= 0.6 is 11.3 Å². The minimum Gasteiger partial charge on any atom is -0.507 e. The molecule has 3 aromatic heterocycles. The normalized spacial score (nSPS) is 14.1. The molecular formula is C46H49N8O4SSi. The number of aromatic nitrogens is 4. The molecule has 0 saturated carbocycles. The number of carbonyl (C=O) groups excluding carboxylic acids is 2. The number of rotatable bonds is 11. The van der Waals surface area contributed by atoms with Crippen LogP contribution in [0.2, 0.25) is 6.55 Å². The number of phenols is 1. The highest BCUT2D eigenvalue weighted by molar-refractivity contribution is 7.13. The van der Waals surface area contributed by atoms with Gasteiger partial charge in [0.05, 0.1) is 27.8 Å². The van der Waals surface area contributed by atoms with Crippen molar-refractivity contribution < 1.29 is 19.2 Å². The molecule has 0 aliphatic carbocycles. The molecule has 3 aromatic carbocycles. The third kappa shape index (κ3) is 9.27. The summed E-state index contributed by atoms with van der Waals surface area (Å²) in [6, 6.07) is 26.8. The number of phenolic OH excluding ortho intramolecular Hbond substituents is 1. The third-order valence-electron chi connectivity index (χ3n) is 11.1. The number of likely N-dealkylation sites (N-methyl/N-ethyl adjacent to an activating group) is 1. The van der Waals surface area contributed by atoms with Crippen molar-refractivity contribution in [1.29, 1.82) is 0 Å². The lowest BCUT2D eigenvalue weighted by molar-refractivity contribution is -0.129. The fraction of sp³-hybridized carbons (Fsp3) is 0.304. The molecule has 6 aromatic rings. The second kappa shape index (κ2) is 18.3. The van der Waals surface area contributed by atoms with Crippen molar-refractivity contribution in [1.82, 2.24) is 30.2 Å². The van der Waals surface area contributed by atoms with E-state index < -0.39 is 14.9 Å². The van der Waals surface area contributed by atoms with Crippen molar-refractivity contribution in [3.63, 3.8) is 0 Å². The molecule has 12 nitrogen and oxygen atoms in total. The monoisotopic (exact) mass is 837 g/mol. The number of para-hydroxylation sites is 1. The van der Waals surface area contributed by atoms with Crippen molar-refractivity contribution in [3.05, 3.63) is 113 Å². The predicted octanol–water partition coefficient (Wildman–Crippen LogP) is 8.66. The second-order valence-electron chi connectivity index (χ2n) is 15.5. The zero-order valence-electron chi connectivity index (χ0n) is 34.6. The summed E-state index contributed by atoms with van der Waals surface area (Å²) in [7, 11) is -0.237. The van der Waals surface area contributed by atoms with Gasteiger partial charge in [0, 0.05) is 48.9 Å². The summed E-state index contributed by atoms with van der Waals surface area (Å²) in [6.07, 6.45) is 1.78. The van der Waals surface area contributed by atoms with Gasteiger partial charge in [-0.15, -0.1) is 21.5 Å². The number of benzene rings is 3. The fourth-order valence-electron chi connectivity index (χ4n) is 7.41. The minimum absolute atomic E-state index is 0.0930. The number of nitrogens with two attached hydrogens (primary N) is 1. The van der Waals surface area contributed by atoms with Gasteiger partial charge in [0.25, 0.3) is 8.96 Å². The summed E-state index contributed by atoms with van der Waals surface area (Å²) in [5, 5.41) is 26.0. The van der Waals surface area contributed by atoms with E-state index in [1.165, 1.54) is 0 Å². The van der Waals surface area contributed by atoms with E-state index in [2.05, 4.69) is 66.7 Å². The average Bonchev–Trinajstić information content (AvgIpc) is 3.91. The number of anilines is 2. The van der Waals surface area contributed by atoms with Gasteiger partial charge < -0.3 is 30.1 Å². The zero-order chi connectivity index (χ0) is 42.5. The smallest absolute Gasteiger partial charge is 0.279 e. The molecule has 2 amide bonds. The standard InChI is InChI=1S/C46H49N8O4SSi/c1-28(2)42(45(56)53(5)60(6)46(57)49-29(3)32-12-14-34(15-13-32)43-30(4)48-27-59-43)41-25-35(52-58-41)18-11-31-21-23-54(24-22-31)36-19-16-33(17-20-36)38-26-39(50-51-44(38)47)37-9-7-8-10-40(37)55/h7-10,12-17,19-20,25-29,31,42,55H,21-24H2,1-6H3,(H2,47,51)(H,49,57)/t29-,42?/m0/s1. The van der Waals surface area contributed by atoms with E-state index in [9.17, 15) is 14.7 Å². The van der Waals surface area contributed by atoms with Crippen molar-refractivity contribution in [2.24, 2.45) is 11.8 Å². The summed E-state index contributed by atoms with van der Waals surface area (Å²) >= 11 is 1.61. The van der Waals surface area contributed by atoms with Crippen LogP contribution in [0.1, 0.15) is 68.3 Å². The topological polar surface area (TPSA) is 164 Å². The molecule has 0 spiro atoms. The molecule has 14 heteroatoms. The Morgan fingerprint density at radius 1 is 0.983 bits per heavy atom. The molecule has 60 heavy (non-hydrogen) atoms. The maximum absolute atomic E-state index is 13.9. The summed E-state index contributed by atoms with van der Waals surface area (Å²) in [4.78, 5) is 35.2. The van der Waals surface area contributed by atoms with Crippen LogP contribution in [-0.4, -0.2) is 70.5 Å². The van der Waals surface area contributed by atoms with Gasteiger partial charge in [0.15, 0.2) is 17.3 Å². The average molecular weight is 838 g/mol. The van der Waals surface area contributed by atoms with Gasteiger partial charge in [-0.3, -0.25) is 9.59 Å². The molecule has 307 valence electrons. The zero-order valence-corrected chi connectivity index (χ0v) is 36.5. The van der Waals surface area contributed by atoms with Gasteiger partial charge in [0.2, 0.25) is 11.4 Å². The molecule has 1 aliphatic heterocycles. The van der Waals surface area contributed by atoms with Crippen molar-refractivity contribution >= 4 is 43.2 Å². The molecule has 2 atom stereocenters. The number of nitrogen functional groups attached to an aromatic ring is 1. The van der Waals surface area contributed by atoms with Crippen LogP contribution < -0.4 is 16.0 Å². The molecule has 4 heterocycles. The van der Waals surface area contributed by atoms with E-state index >= 15 is 0 Å². The Morgan fingerprint density at radius 3 is 2.35 bits per heavy atom. The van der Waals surface area contributed by atoms with Crippen molar-refractivity contribution in [2.75, 3.05) is 30.8 Å². The molecule has 1 aliphatic rings. The lowest BCUT2D eigenvalue weighted by atomic mass is 9.92. The number of piperidine rings is 1. The molecule has 7 rings (SSSR count). The number of nitrogens with one attached hydrogen (secondary N) is 1. The van der Waals surface area contributed by atoms with E-state index in [4.69, 9.17) is 10.3 Å². The van der Waals surface area contributed by atoms with Crippen LogP contribution in [0.4, 0.5) is 16.3 Å². The Morgan fingerprint density at radius 2 is 1.68 bits per heavy atom. The van der Waals surface area contributed by atoms with Crippen LogP contribution in [0.5, 0.6) is 5.75 Å². The van der Waals surface area contributed by atoms with Crippen LogP contribution in [0, 0.1) is 30.6 Å². The SMILES string of the molecule is Cc1ncsc1-c1ccc([C@H](C)NC(=O)[Si](C)N(C)C(=O)C(c2cc(C#CC3CCN(c4ccc(-c5cc(-c6ccccc6O)nnc5N)cc4)CC3)no2)C(C)C)cc1. The van der Waals surface area contributed by atoms with Crippen LogP contribution in [0.25, 0.3) is 32.8 Å². The summed E-state index contributed by atoms with van der Waals surface area (Å²) < 4.78 is 7.32. The number of amides is 2. The molecule has 1 fully saturated rings. The van der Waals surface area contributed by atoms with Crippen LogP contribution in [0.3, 0.4) is 0 Å². The molecule has 1 radical (unpaired) electrons. The first-order valence-electron chi connectivity index (χ1n) is 20.1. The van der Waals surface area contributed by atoms with E-state index in [1.54, 1.807) is 47.2 Å². The summed E-state index contributed by atoms with van der Waals surface area (Å²) in [5.74, 6) is 6.80. The first-order chi connectivity index (χ1) is 28.9. The number of hydrogen-bond donors (Lipinski definition) is 3. The van der Waals surface area contributed by atoms with Crippen LogP contribution in [0.15, 0.2) is 95.0 Å². The molecule has 4 N–H and O–H groups in total. The number of aromatic hydroxyl groups is 1. The first kappa shape index (κ1) is 41.8. The van der Waals surface area contributed by atoms with Crippen molar-refractivity contribution in [2.45, 2.75) is 59.0 Å². The van der Waals surface area contributed by atoms with Gasteiger partial charge in [0.1, 0.15) is 11.7 Å². The quantitative estimate of drug-likeness (QED) is 0.0850. The Bertz CT molecular complexity index is 2520. The van der Waals surface area contributed by atoms with Gasteiger partial charge >= 0.3 is 0 Å². The first-order valence-corrected chi connectivity index (χ1v) is 22.9. The van der Waals surface area contributed by atoms with Gasteiger partial charge in [-0.05, 0) is 92.1 Å². The number of thiazole rings is 1. The molecule has 1 unspecified atom stereocenters. The van der Waals surface area contributed by atoms with Crippen molar-refractivity contribution in [3.8, 4) is 50.4 Å². The highest BCUT2D eigenvalue weighted by Crippen LogP contribution is 2.34. The summed E-state index contributed by atoms with van der Waals surface area (Å²) in [5.41, 5.74) is 15.4. The van der Waals surface area contributed by atoms with E-state index in [-0.39, 0.29) is 35.1 Å².